The van der Waals surface area contributed by atoms with Gasteiger partial charge < -0.3 is 15.4 Å². The fourth-order valence-corrected chi connectivity index (χ4v) is 2.63. The third kappa shape index (κ3) is 4.55. The van der Waals surface area contributed by atoms with Gasteiger partial charge in [-0.25, -0.2) is 0 Å². The normalized spacial score (nSPS) is 10.6. The zero-order chi connectivity index (χ0) is 17.5. The molecule has 25 heavy (non-hydrogen) atoms. The van der Waals surface area contributed by atoms with Crippen LogP contribution in [0.3, 0.4) is 0 Å². The second kappa shape index (κ2) is 8.26. The van der Waals surface area contributed by atoms with E-state index in [1.54, 1.807) is 13.3 Å². The van der Waals surface area contributed by atoms with Gasteiger partial charge in [-0.3, -0.25) is 9.78 Å². The zero-order valence-corrected chi connectivity index (χ0v) is 14.2. The van der Waals surface area contributed by atoms with Gasteiger partial charge in [0.15, 0.2) is 0 Å². The number of hydrogen-bond donors (Lipinski definition) is 2. The molecule has 0 bridgehead atoms. The van der Waals surface area contributed by atoms with Crippen LogP contribution < -0.4 is 15.4 Å². The summed E-state index contributed by atoms with van der Waals surface area (Å²) in [7, 11) is 1.65. The Kier molecular flexibility index (Phi) is 5.59. The lowest BCUT2D eigenvalue weighted by Gasteiger charge is -2.09. The van der Waals surface area contributed by atoms with Gasteiger partial charge in [0.2, 0.25) is 5.91 Å². The molecule has 1 amide bonds. The molecule has 0 fully saturated rings. The molecule has 0 aliphatic carbocycles. The highest BCUT2D eigenvalue weighted by Crippen LogP contribution is 2.20. The largest absolute Gasteiger partial charge is 0.497 e. The van der Waals surface area contributed by atoms with Crippen LogP contribution in [0, 0.1) is 0 Å². The van der Waals surface area contributed by atoms with Crippen molar-refractivity contribution in [1.29, 1.82) is 0 Å². The van der Waals surface area contributed by atoms with Crippen molar-refractivity contribution in [2.75, 3.05) is 25.5 Å². The third-order valence-corrected chi connectivity index (χ3v) is 3.94. The number of carbonyl (C=O) groups is 1. The van der Waals surface area contributed by atoms with Crippen LogP contribution >= 0.6 is 0 Å². The van der Waals surface area contributed by atoms with Crippen molar-refractivity contribution in [3.05, 3.63) is 66.4 Å². The minimum atomic E-state index is -0.0760. The van der Waals surface area contributed by atoms with Gasteiger partial charge in [-0.15, -0.1) is 0 Å². The number of para-hydroxylation sites is 1. The lowest BCUT2D eigenvalue weighted by atomic mass is 10.1. The van der Waals surface area contributed by atoms with Crippen LogP contribution in [0.15, 0.2) is 60.8 Å². The number of aromatic nitrogens is 1. The van der Waals surface area contributed by atoms with Crippen molar-refractivity contribution in [1.82, 2.24) is 10.3 Å². The number of pyridine rings is 1. The average molecular weight is 335 g/mol. The molecule has 5 nitrogen and oxygen atoms in total. The molecule has 5 heteroatoms. The fourth-order valence-electron chi connectivity index (χ4n) is 2.63. The molecule has 0 aliphatic rings. The van der Waals surface area contributed by atoms with Gasteiger partial charge in [0.05, 0.1) is 24.9 Å². The molecular formula is C20H21N3O2. The zero-order valence-electron chi connectivity index (χ0n) is 14.2. The highest BCUT2D eigenvalue weighted by atomic mass is 16.5. The molecular weight excluding hydrogens is 314 g/mol. The van der Waals surface area contributed by atoms with Crippen molar-refractivity contribution in [3.63, 3.8) is 0 Å². The summed E-state index contributed by atoms with van der Waals surface area (Å²) in [6, 6.07) is 17.6. The average Bonchev–Trinajstić information content (AvgIpc) is 2.66. The van der Waals surface area contributed by atoms with Crippen LogP contribution in [0.1, 0.15) is 5.56 Å². The first-order valence-electron chi connectivity index (χ1n) is 8.23. The van der Waals surface area contributed by atoms with Crippen molar-refractivity contribution >= 4 is 22.5 Å². The van der Waals surface area contributed by atoms with Gasteiger partial charge in [-0.2, -0.15) is 0 Å². The van der Waals surface area contributed by atoms with Gasteiger partial charge >= 0.3 is 0 Å². The Morgan fingerprint density at radius 3 is 2.68 bits per heavy atom. The van der Waals surface area contributed by atoms with E-state index in [0.29, 0.717) is 0 Å². The van der Waals surface area contributed by atoms with E-state index in [1.165, 1.54) is 5.56 Å². The molecule has 0 aliphatic heterocycles. The molecule has 3 rings (SSSR count). The second-order valence-corrected chi connectivity index (χ2v) is 5.70. The minimum Gasteiger partial charge on any atom is -0.497 e. The molecule has 1 aromatic heterocycles. The maximum Gasteiger partial charge on any atom is 0.238 e. The number of rotatable bonds is 7. The Balaban J connectivity index is 1.47. The fraction of sp³-hybridized carbons (Fsp3) is 0.200. The van der Waals surface area contributed by atoms with Crippen LogP contribution in [0.2, 0.25) is 0 Å². The van der Waals surface area contributed by atoms with Gasteiger partial charge in [0, 0.05) is 11.6 Å². The number of methoxy groups -OCH3 is 1. The monoisotopic (exact) mass is 335 g/mol. The van der Waals surface area contributed by atoms with Gasteiger partial charge in [-0.1, -0.05) is 30.3 Å². The summed E-state index contributed by atoms with van der Waals surface area (Å²) < 4.78 is 5.14. The summed E-state index contributed by atoms with van der Waals surface area (Å²) in [5, 5.41) is 7.09. The summed E-state index contributed by atoms with van der Waals surface area (Å²) in [6.07, 6.45) is 2.58. The second-order valence-electron chi connectivity index (χ2n) is 5.70. The molecule has 0 atom stereocenters. The van der Waals surface area contributed by atoms with E-state index in [-0.39, 0.29) is 12.5 Å². The van der Waals surface area contributed by atoms with E-state index in [4.69, 9.17) is 4.74 Å². The van der Waals surface area contributed by atoms with E-state index >= 15 is 0 Å². The number of hydrogen-bond acceptors (Lipinski definition) is 4. The molecule has 3 aromatic rings. The molecule has 1 heterocycles. The number of anilines is 1. The summed E-state index contributed by atoms with van der Waals surface area (Å²) in [5.74, 6) is 0.771. The molecule has 0 saturated carbocycles. The van der Waals surface area contributed by atoms with Crippen LogP contribution in [-0.4, -0.2) is 31.1 Å². The molecule has 0 radical (unpaired) electrons. The van der Waals surface area contributed by atoms with E-state index in [2.05, 4.69) is 15.6 Å². The first-order chi connectivity index (χ1) is 12.3. The Hall–Kier alpha value is -2.92. The smallest absolute Gasteiger partial charge is 0.238 e. The van der Waals surface area contributed by atoms with Crippen LogP contribution in [0.5, 0.6) is 5.75 Å². The topological polar surface area (TPSA) is 63.2 Å². The van der Waals surface area contributed by atoms with Gasteiger partial charge in [0.1, 0.15) is 5.75 Å². The first kappa shape index (κ1) is 16.9. The Labute approximate surface area is 147 Å². The molecule has 2 aromatic carbocycles. The lowest BCUT2D eigenvalue weighted by Crippen LogP contribution is -2.29. The predicted octanol–water partition coefficient (Wildman–Crippen LogP) is 3.01. The van der Waals surface area contributed by atoms with Crippen LogP contribution in [0.25, 0.3) is 10.9 Å². The summed E-state index contributed by atoms with van der Waals surface area (Å²) in [5.41, 5.74) is 2.74. The first-order valence-corrected chi connectivity index (χ1v) is 8.23. The number of nitrogens with zero attached hydrogens (tertiary/aromatic N) is 1. The van der Waals surface area contributed by atoms with E-state index in [1.807, 2.05) is 54.6 Å². The SMILES string of the molecule is COc1ccc(CCNCC(=O)Nc2cccc3cccnc23)cc1. The van der Waals surface area contributed by atoms with E-state index < -0.39 is 0 Å². The summed E-state index contributed by atoms with van der Waals surface area (Å²) in [4.78, 5) is 16.5. The van der Waals surface area contributed by atoms with Crippen molar-refractivity contribution < 1.29 is 9.53 Å². The van der Waals surface area contributed by atoms with Crippen LogP contribution in [0.4, 0.5) is 5.69 Å². The summed E-state index contributed by atoms with van der Waals surface area (Å²) in [6.45, 7) is 0.993. The van der Waals surface area contributed by atoms with Crippen LogP contribution in [-0.2, 0) is 11.2 Å². The standard InChI is InChI=1S/C20H21N3O2/c1-25-17-9-7-15(8-10-17)11-13-21-14-19(24)23-18-6-2-4-16-5-3-12-22-20(16)18/h2-10,12,21H,11,13-14H2,1H3,(H,23,24). The highest BCUT2D eigenvalue weighted by Gasteiger charge is 2.06. The Bertz CT molecular complexity index is 842. The Morgan fingerprint density at radius 2 is 1.88 bits per heavy atom. The molecule has 128 valence electrons. The van der Waals surface area contributed by atoms with Crippen molar-refractivity contribution in [3.8, 4) is 5.75 Å². The van der Waals surface area contributed by atoms with Gasteiger partial charge in [0.25, 0.3) is 0 Å². The molecule has 0 unspecified atom stereocenters. The predicted molar refractivity (Wildman–Crippen MR) is 99.9 cm³/mol. The third-order valence-electron chi connectivity index (χ3n) is 3.94. The number of ether oxygens (including phenoxy) is 1. The Morgan fingerprint density at radius 1 is 1.08 bits per heavy atom. The lowest BCUT2D eigenvalue weighted by molar-refractivity contribution is -0.115. The number of fused-ring (bicyclic) bond motifs is 1. The number of benzene rings is 2. The number of amides is 1. The van der Waals surface area contributed by atoms with Crippen molar-refractivity contribution in [2.24, 2.45) is 0 Å². The van der Waals surface area contributed by atoms with Crippen molar-refractivity contribution in [2.45, 2.75) is 6.42 Å². The quantitative estimate of drug-likeness (QED) is 0.652. The summed E-state index contributed by atoms with van der Waals surface area (Å²) >= 11 is 0. The maximum absolute atomic E-state index is 12.1. The van der Waals surface area contributed by atoms with E-state index in [9.17, 15) is 4.79 Å². The highest BCUT2D eigenvalue weighted by molar-refractivity contribution is 6.00. The van der Waals surface area contributed by atoms with E-state index in [0.717, 1.165) is 35.3 Å². The number of nitrogens with one attached hydrogen (secondary N) is 2. The maximum atomic E-state index is 12.1. The molecule has 2 N–H and O–H groups in total. The minimum absolute atomic E-state index is 0.0760. The number of carbonyl (C=O) groups excluding carboxylic acids is 1. The molecule has 0 spiro atoms. The van der Waals surface area contributed by atoms with Gasteiger partial charge in [-0.05, 0) is 42.8 Å². The molecule has 0 saturated heterocycles.